The molecule has 16 heteroatoms. The van der Waals surface area contributed by atoms with E-state index in [0.717, 1.165) is 66.7 Å². The van der Waals surface area contributed by atoms with Crippen molar-refractivity contribution in [2.24, 2.45) is 35.5 Å². The maximum Gasteiger partial charge on any atom is 0.329 e. The predicted molar refractivity (Wildman–Crippen MR) is 318 cm³/mol. The first-order valence-electron chi connectivity index (χ1n) is 30.8. The van der Waals surface area contributed by atoms with Crippen LogP contribution >= 0.6 is 0 Å². The van der Waals surface area contributed by atoms with E-state index in [9.17, 15) is 29.4 Å². The number of Topliss-reactive ketones (excluding diaryl/α,β-unsaturated/α-hetero) is 2. The minimum absolute atomic E-state index is 0.0214. The first-order chi connectivity index (χ1) is 37.5. The number of hydrogen-bond acceptors (Lipinski definition) is 13. The van der Waals surface area contributed by atoms with E-state index in [-0.39, 0.29) is 61.0 Å². The number of esters is 1. The highest BCUT2D eigenvalue weighted by Gasteiger charge is 2.53. The van der Waals surface area contributed by atoms with Gasteiger partial charge in [0.05, 0.1) is 36.6 Å². The highest BCUT2D eigenvalue weighted by molar-refractivity contribution is 6.74. The summed E-state index contributed by atoms with van der Waals surface area (Å²) < 4.78 is 45.4. The second kappa shape index (κ2) is 32.4. The Balaban J connectivity index is 1.80. The molecule has 1 aliphatic carbocycles. The van der Waals surface area contributed by atoms with Gasteiger partial charge in [0, 0.05) is 58.5 Å². The van der Waals surface area contributed by atoms with Crippen LogP contribution in [0.3, 0.4) is 0 Å². The number of piperidine rings is 1. The number of ketones is 2. The third-order valence-electron chi connectivity index (χ3n) is 19.3. The molecule has 4 rings (SSSR count). The van der Waals surface area contributed by atoms with Crippen molar-refractivity contribution >= 4 is 40.1 Å². The molecule has 452 valence electrons. The van der Waals surface area contributed by atoms with Gasteiger partial charge in [0.1, 0.15) is 18.2 Å². The lowest BCUT2D eigenvalue weighted by atomic mass is 9.78. The number of allylic oxidation sites excluding steroid dienone is 5. The zero-order valence-corrected chi connectivity index (χ0v) is 53.9. The fourth-order valence-corrected chi connectivity index (χ4v) is 18.9. The quantitative estimate of drug-likeness (QED) is 0.0647. The van der Waals surface area contributed by atoms with Gasteiger partial charge in [0.25, 0.3) is 11.7 Å². The van der Waals surface area contributed by atoms with E-state index in [1.54, 1.807) is 28.3 Å². The number of carbonyl (C=O) groups is 4. The molecule has 2 bridgehead atoms. The summed E-state index contributed by atoms with van der Waals surface area (Å²) in [6.07, 6.45) is 14.3. The Labute approximate surface area is 479 Å². The van der Waals surface area contributed by atoms with Gasteiger partial charge in [0.2, 0.25) is 5.79 Å². The molecule has 16 atom stereocenters. The maximum atomic E-state index is 14.9. The van der Waals surface area contributed by atoms with Gasteiger partial charge in [0.15, 0.2) is 22.4 Å². The molecule has 0 radical (unpaired) electrons. The van der Waals surface area contributed by atoms with Crippen LogP contribution in [0.4, 0.5) is 0 Å². The lowest BCUT2D eigenvalue weighted by Crippen LogP contribution is -2.61. The van der Waals surface area contributed by atoms with Crippen LogP contribution in [0.1, 0.15) is 167 Å². The molecule has 0 aromatic heterocycles. The van der Waals surface area contributed by atoms with Crippen molar-refractivity contribution in [3.05, 3.63) is 47.6 Å². The van der Waals surface area contributed by atoms with Gasteiger partial charge in [-0.05, 0) is 143 Å². The van der Waals surface area contributed by atoms with Crippen LogP contribution in [-0.2, 0) is 51.7 Å². The van der Waals surface area contributed by atoms with E-state index >= 15 is 0 Å². The maximum absolute atomic E-state index is 14.9. The number of rotatable bonds is 16. The zero-order chi connectivity index (χ0) is 58.8. The standard InChI is InChI=1S/C63H109NO13Si2/c1-17-78(18-2,19-3)76-53-34-32-49(39-56(53)72-15)38-45(10)55-41-52(65)44(9)37-47(12)58(77-79(20-4,21-5)22-6)59(73-16)57(66)46(11)36-42(7)28-24-23-25-29-43(8)54(71-14)40-50-33-31-48(13)63(70,75-50)60(67)61(68)64-35-27-26-30-51(64)62(69)74-55/h23-25,28-29,37,42,44-46,48-56,58-59,65,70H,17-22,26-27,30-36,38-41H2,1-16H3/b25-23+,28-24-,43-29+,47-37+/t42-,44-,45-,46-,48-,49+,50+,51+,52-,53-,54+,55+,56-,58-,59+,63-/m1/s1. The Hall–Kier alpha value is -2.65. The Morgan fingerprint density at radius 2 is 1.37 bits per heavy atom. The van der Waals surface area contributed by atoms with Crippen molar-refractivity contribution in [3.63, 3.8) is 0 Å². The molecule has 3 aliphatic heterocycles. The topological polar surface area (TPSA) is 177 Å². The summed E-state index contributed by atoms with van der Waals surface area (Å²) in [4.78, 5) is 59.8. The van der Waals surface area contributed by atoms with Crippen molar-refractivity contribution in [2.45, 2.75) is 264 Å². The fourth-order valence-electron chi connectivity index (χ4n) is 13.1. The number of fused-ring (bicyclic) bond motifs is 3. The largest absolute Gasteiger partial charge is 0.460 e. The van der Waals surface area contributed by atoms with Crippen molar-refractivity contribution in [1.82, 2.24) is 4.90 Å². The molecule has 0 aromatic carbocycles. The molecule has 79 heavy (non-hydrogen) atoms. The van der Waals surface area contributed by atoms with Crippen molar-refractivity contribution in [3.8, 4) is 0 Å². The van der Waals surface area contributed by atoms with Crippen LogP contribution in [0.2, 0.25) is 36.3 Å². The van der Waals surface area contributed by atoms with Crippen LogP contribution in [0, 0.1) is 35.5 Å². The minimum atomic E-state index is -2.41. The molecule has 0 aromatic rings. The third-order valence-corrected chi connectivity index (χ3v) is 28.5. The van der Waals surface area contributed by atoms with Crippen molar-refractivity contribution in [1.29, 1.82) is 0 Å². The summed E-state index contributed by atoms with van der Waals surface area (Å²) in [6, 6.07) is 4.69. The van der Waals surface area contributed by atoms with Gasteiger partial charge in [-0.15, -0.1) is 0 Å². The molecule has 0 unspecified atom stereocenters. The number of aliphatic hydroxyl groups excluding tert-OH is 1. The van der Waals surface area contributed by atoms with E-state index in [4.69, 9.17) is 32.5 Å². The normalized spacial score (nSPS) is 36.8. The fraction of sp³-hybridized carbons (Fsp3) is 0.810. The first-order valence-corrected chi connectivity index (χ1v) is 35.9. The second-order valence-electron chi connectivity index (χ2n) is 24.5. The summed E-state index contributed by atoms with van der Waals surface area (Å²) in [5.74, 6) is -6.57. The van der Waals surface area contributed by atoms with Crippen LogP contribution < -0.4 is 0 Å². The SMILES string of the molecule is CC[Si](CC)(CC)O[C@@H]1/C(C)=C/[C@@H](C)[C@H](O)C[C@@H]([C@H](C)C[C@@H]2CC[C@@H](O[Si](CC)(CC)CC)[C@H](OC)C2)OC(=O)[C@@H]2CCCCN2C(=O)C(=O)[C@]2(O)O[C@@H](CC[C@H]2C)C[C@H](OC)/C(C)=C/C=C/C=C\[C@@H](C)C[C@@H](C)C(=O)[C@@H]1OC. The molecule has 0 spiro atoms. The summed E-state index contributed by atoms with van der Waals surface area (Å²) in [5.41, 5.74) is 1.71. The molecular formula is C63H109NO13Si2. The van der Waals surface area contributed by atoms with Gasteiger partial charge in [-0.25, -0.2) is 4.79 Å². The van der Waals surface area contributed by atoms with E-state index in [1.807, 2.05) is 58.1 Å². The highest BCUT2D eigenvalue weighted by atomic mass is 28.4. The van der Waals surface area contributed by atoms with E-state index < -0.39 is 94.6 Å². The smallest absolute Gasteiger partial charge is 0.329 e. The third kappa shape index (κ3) is 18.2. The number of aliphatic hydroxyl groups is 2. The first kappa shape index (κ1) is 68.9. The summed E-state index contributed by atoms with van der Waals surface area (Å²) >= 11 is 0. The Bertz CT molecular complexity index is 2040. The number of cyclic esters (lactones) is 1. The number of amides is 1. The van der Waals surface area contributed by atoms with Crippen LogP contribution in [-0.4, -0.2) is 144 Å². The molecule has 3 fully saturated rings. The molecule has 14 nitrogen and oxygen atoms in total. The Kier molecular flexibility index (Phi) is 28.3. The zero-order valence-electron chi connectivity index (χ0n) is 51.9. The number of methoxy groups -OCH3 is 3. The summed E-state index contributed by atoms with van der Waals surface area (Å²) in [7, 11) is 0.728. The number of carbonyl (C=O) groups excluding carboxylic acids is 4. The van der Waals surface area contributed by atoms with Gasteiger partial charge in [-0.3, -0.25) is 14.4 Å². The average molecular weight is 1140 g/mol. The average Bonchev–Trinajstić information content (AvgIpc) is 3.45. The minimum Gasteiger partial charge on any atom is -0.460 e. The van der Waals surface area contributed by atoms with Crippen molar-refractivity contribution in [2.75, 3.05) is 27.9 Å². The number of nitrogens with zero attached hydrogens (tertiary/aromatic N) is 1. The molecule has 3 heterocycles. The number of ether oxygens (including phenoxy) is 5. The summed E-state index contributed by atoms with van der Waals surface area (Å²) in [6.45, 7) is 27.1. The van der Waals surface area contributed by atoms with Crippen molar-refractivity contribution < 1.29 is 61.9 Å². The van der Waals surface area contributed by atoms with Gasteiger partial charge in [-0.1, -0.05) is 113 Å². The van der Waals surface area contributed by atoms with Crippen LogP contribution in [0.5, 0.6) is 0 Å². The monoisotopic (exact) mass is 1140 g/mol. The molecule has 2 saturated heterocycles. The Morgan fingerprint density at radius 3 is 1.97 bits per heavy atom. The molecular weight excluding hydrogens is 1030 g/mol. The predicted octanol–water partition coefficient (Wildman–Crippen LogP) is 12.0. The van der Waals surface area contributed by atoms with Crippen LogP contribution in [0.25, 0.3) is 0 Å². The van der Waals surface area contributed by atoms with E-state index in [0.29, 0.717) is 44.9 Å². The molecule has 4 aliphatic rings. The van der Waals surface area contributed by atoms with E-state index in [2.05, 4.69) is 61.5 Å². The lowest BCUT2D eigenvalue weighted by Gasteiger charge is -2.43. The van der Waals surface area contributed by atoms with Crippen LogP contribution in [0.15, 0.2) is 47.6 Å². The van der Waals surface area contributed by atoms with Gasteiger partial charge < -0.3 is 47.6 Å². The van der Waals surface area contributed by atoms with E-state index in [1.165, 1.54) is 4.90 Å². The van der Waals surface area contributed by atoms with Gasteiger partial charge >= 0.3 is 5.97 Å². The molecule has 1 amide bonds. The molecule has 2 N–H and O–H groups in total. The Morgan fingerprint density at radius 1 is 0.722 bits per heavy atom. The summed E-state index contributed by atoms with van der Waals surface area (Å²) in [5, 5.41) is 24.5. The molecule has 1 saturated carbocycles. The number of hydrogen-bond donors (Lipinski definition) is 2. The van der Waals surface area contributed by atoms with Gasteiger partial charge in [-0.2, -0.15) is 0 Å². The highest BCUT2D eigenvalue weighted by Crippen LogP contribution is 2.40. The lowest BCUT2D eigenvalue weighted by molar-refractivity contribution is -0.265. The second-order valence-corrected chi connectivity index (χ2v) is 33.9.